The van der Waals surface area contributed by atoms with Crippen LogP contribution < -0.4 is 15.9 Å². The van der Waals surface area contributed by atoms with Crippen LogP contribution in [-0.2, 0) is 4.57 Å². The average Bonchev–Trinajstić information content (AvgIpc) is 2.75. The Kier molecular flexibility index (Phi) is 4.99. The van der Waals surface area contributed by atoms with Gasteiger partial charge in [-0.25, -0.2) is 0 Å². The summed E-state index contributed by atoms with van der Waals surface area (Å²) in [5, 5.41) is 3.23. The standard InChI is InChI=1S/C24H18ClOP/c25-21-15-11-19(12-16-21)20-13-17-24(18-14-20)27(26,22-7-3-1-4-8-22)23-9-5-2-6-10-23/h1-18H. The molecule has 0 unspecified atom stereocenters. The second-order valence-corrected chi connectivity index (χ2v) is 9.54. The Hall–Kier alpha value is -2.60. The molecule has 132 valence electrons. The van der Waals surface area contributed by atoms with E-state index in [1.165, 1.54) is 0 Å². The highest BCUT2D eigenvalue weighted by Crippen LogP contribution is 2.42. The lowest BCUT2D eigenvalue weighted by atomic mass is 10.1. The van der Waals surface area contributed by atoms with E-state index < -0.39 is 7.14 Å². The Morgan fingerprint density at radius 2 is 0.852 bits per heavy atom. The van der Waals surface area contributed by atoms with Gasteiger partial charge in [-0.3, -0.25) is 0 Å². The van der Waals surface area contributed by atoms with Gasteiger partial charge in [-0.1, -0.05) is 109 Å². The van der Waals surface area contributed by atoms with Gasteiger partial charge in [0, 0.05) is 20.9 Å². The second-order valence-electron chi connectivity index (χ2n) is 6.33. The van der Waals surface area contributed by atoms with Gasteiger partial charge in [0.1, 0.15) is 0 Å². The summed E-state index contributed by atoms with van der Waals surface area (Å²) < 4.78 is 14.3. The number of rotatable bonds is 4. The maximum absolute atomic E-state index is 14.3. The Labute approximate surface area is 164 Å². The second kappa shape index (κ2) is 7.56. The van der Waals surface area contributed by atoms with Crippen molar-refractivity contribution in [3.63, 3.8) is 0 Å². The smallest absolute Gasteiger partial charge is 0.171 e. The van der Waals surface area contributed by atoms with Gasteiger partial charge in [0.2, 0.25) is 0 Å². The summed E-state index contributed by atoms with van der Waals surface area (Å²) in [6, 6.07) is 35.2. The molecule has 0 N–H and O–H groups in total. The van der Waals surface area contributed by atoms with Crippen LogP contribution in [0.1, 0.15) is 0 Å². The van der Waals surface area contributed by atoms with E-state index in [1.807, 2.05) is 109 Å². The normalized spacial score (nSPS) is 11.3. The van der Waals surface area contributed by atoms with Crippen molar-refractivity contribution in [3.05, 3.63) is 114 Å². The molecule has 1 nitrogen and oxygen atoms in total. The maximum Gasteiger partial charge on any atom is 0.171 e. The predicted octanol–water partition coefficient (Wildman–Crippen LogP) is 5.65. The van der Waals surface area contributed by atoms with Crippen LogP contribution in [0, 0.1) is 0 Å². The van der Waals surface area contributed by atoms with E-state index in [-0.39, 0.29) is 0 Å². The summed E-state index contributed by atoms with van der Waals surface area (Å²) in [5.74, 6) is 0. The minimum absolute atomic E-state index is 0.716. The highest BCUT2D eigenvalue weighted by Gasteiger charge is 2.29. The monoisotopic (exact) mass is 388 g/mol. The number of hydrogen-bond donors (Lipinski definition) is 0. The highest BCUT2D eigenvalue weighted by molar-refractivity contribution is 7.85. The summed E-state index contributed by atoms with van der Waals surface area (Å²) in [7, 11) is -2.92. The first kappa shape index (κ1) is 17.8. The molecule has 0 saturated carbocycles. The third kappa shape index (κ3) is 3.49. The van der Waals surface area contributed by atoms with Crippen LogP contribution in [0.4, 0.5) is 0 Å². The zero-order valence-electron chi connectivity index (χ0n) is 14.6. The van der Waals surface area contributed by atoms with Gasteiger partial charge in [-0.15, -0.1) is 0 Å². The van der Waals surface area contributed by atoms with Crippen LogP contribution in [0.25, 0.3) is 11.1 Å². The maximum atomic E-state index is 14.3. The Balaban J connectivity index is 1.82. The van der Waals surface area contributed by atoms with Gasteiger partial charge in [0.15, 0.2) is 7.14 Å². The number of benzene rings is 4. The molecule has 0 amide bonds. The van der Waals surface area contributed by atoms with E-state index in [2.05, 4.69) is 0 Å². The Bertz CT molecular complexity index is 1030. The quantitative estimate of drug-likeness (QED) is 0.413. The molecule has 3 heteroatoms. The molecule has 0 saturated heterocycles. The van der Waals surface area contributed by atoms with Crippen molar-refractivity contribution in [1.82, 2.24) is 0 Å². The molecule has 0 heterocycles. The minimum atomic E-state index is -2.92. The zero-order chi connectivity index (χ0) is 18.7. The van der Waals surface area contributed by atoms with Crippen molar-refractivity contribution in [2.24, 2.45) is 0 Å². The molecule has 27 heavy (non-hydrogen) atoms. The molecular weight excluding hydrogens is 371 g/mol. The van der Waals surface area contributed by atoms with Crippen LogP contribution in [0.2, 0.25) is 5.02 Å². The first-order valence-electron chi connectivity index (χ1n) is 8.76. The van der Waals surface area contributed by atoms with Gasteiger partial charge in [0.25, 0.3) is 0 Å². The first-order valence-corrected chi connectivity index (χ1v) is 10.8. The minimum Gasteiger partial charge on any atom is -0.309 e. The topological polar surface area (TPSA) is 17.1 Å². The molecule has 0 bridgehead atoms. The van der Waals surface area contributed by atoms with Gasteiger partial charge in [0.05, 0.1) is 0 Å². The fourth-order valence-corrected chi connectivity index (χ4v) is 6.00. The molecule has 0 aliphatic rings. The molecule has 0 fully saturated rings. The van der Waals surface area contributed by atoms with E-state index >= 15 is 0 Å². The molecule has 4 aromatic rings. The third-order valence-electron chi connectivity index (χ3n) is 4.65. The summed E-state index contributed by atoms with van der Waals surface area (Å²) in [4.78, 5) is 0. The van der Waals surface area contributed by atoms with Crippen LogP contribution in [0.15, 0.2) is 109 Å². The molecule has 0 spiro atoms. The van der Waals surface area contributed by atoms with Crippen molar-refractivity contribution < 1.29 is 4.57 Å². The molecule has 0 aliphatic heterocycles. The molecule has 0 atom stereocenters. The van der Waals surface area contributed by atoms with Gasteiger partial charge in [-0.2, -0.15) is 0 Å². The van der Waals surface area contributed by atoms with Gasteiger partial charge >= 0.3 is 0 Å². The van der Waals surface area contributed by atoms with E-state index in [1.54, 1.807) is 0 Å². The van der Waals surface area contributed by atoms with Crippen LogP contribution in [-0.4, -0.2) is 0 Å². The molecule has 4 aromatic carbocycles. The van der Waals surface area contributed by atoms with Crippen LogP contribution in [0.3, 0.4) is 0 Å². The molecule has 0 aliphatic carbocycles. The van der Waals surface area contributed by atoms with Crippen LogP contribution in [0.5, 0.6) is 0 Å². The van der Waals surface area contributed by atoms with Crippen molar-refractivity contribution in [2.45, 2.75) is 0 Å². The van der Waals surface area contributed by atoms with Gasteiger partial charge in [-0.05, 0) is 23.3 Å². The van der Waals surface area contributed by atoms with E-state index in [9.17, 15) is 4.57 Å². The summed E-state index contributed by atoms with van der Waals surface area (Å²) in [5.41, 5.74) is 2.16. The lowest BCUT2D eigenvalue weighted by Gasteiger charge is -2.20. The number of halogens is 1. The van der Waals surface area contributed by atoms with Gasteiger partial charge < -0.3 is 4.57 Å². The average molecular weight is 389 g/mol. The Morgan fingerprint density at radius 1 is 0.481 bits per heavy atom. The molecular formula is C24H18ClOP. The number of hydrogen-bond acceptors (Lipinski definition) is 1. The van der Waals surface area contributed by atoms with Crippen molar-refractivity contribution in [3.8, 4) is 11.1 Å². The first-order chi connectivity index (χ1) is 13.2. The van der Waals surface area contributed by atoms with Crippen molar-refractivity contribution >= 4 is 34.7 Å². The van der Waals surface area contributed by atoms with Crippen molar-refractivity contribution in [1.29, 1.82) is 0 Å². The van der Waals surface area contributed by atoms with E-state index in [0.717, 1.165) is 27.0 Å². The predicted molar refractivity (Wildman–Crippen MR) is 116 cm³/mol. The van der Waals surface area contributed by atoms with Crippen molar-refractivity contribution in [2.75, 3.05) is 0 Å². The van der Waals surface area contributed by atoms with E-state index in [0.29, 0.717) is 5.02 Å². The summed E-state index contributed by atoms with van der Waals surface area (Å²) in [6.45, 7) is 0. The largest absolute Gasteiger partial charge is 0.309 e. The lowest BCUT2D eigenvalue weighted by molar-refractivity contribution is 0.592. The van der Waals surface area contributed by atoms with E-state index in [4.69, 9.17) is 11.6 Å². The fraction of sp³-hybridized carbons (Fsp3) is 0. The highest BCUT2D eigenvalue weighted by atomic mass is 35.5. The third-order valence-corrected chi connectivity index (χ3v) is 7.98. The SMILES string of the molecule is O=P(c1ccccc1)(c1ccccc1)c1ccc(-c2ccc(Cl)cc2)cc1. The fourth-order valence-electron chi connectivity index (χ4n) is 3.23. The lowest BCUT2D eigenvalue weighted by Crippen LogP contribution is -2.24. The zero-order valence-corrected chi connectivity index (χ0v) is 16.3. The van der Waals surface area contributed by atoms with Crippen LogP contribution >= 0.6 is 18.7 Å². The molecule has 4 rings (SSSR count). The Morgan fingerprint density at radius 3 is 1.30 bits per heavy atom. The molecule has 0 radical (unpaired) electrons. The summed E-state index contributed by atoms with van der Waals surface area (Å²) in [6.07, 6.45) is 0. The summed E-state index contributed by atoms with van der Waals surface area (Å²) >= 11 is 5.98. The molecule has 0 aromatic heterocycles.